The first kappa shape index (κ1) is 26.4. The first-order valence-corrected chi connectivity index (χ1v) is 11.3. The molecule has 1 aliphatic heterocycles. The molecule has 0 aromatic heterocycles. The second-order valence-corrected chi connectivity index (χ2v) is 8.93. The van der Waals surface area contributed by atoms with Crippen LogP contribution in [0.5, 0.6) is 17.2 Å². The number of benzene rings is 2. The van der Waals surface area contributed by atoms with Gasteiger partial charge in [0.15, 0.2) is 6.10 Å². The summed E-state index contributed by atoms with van der Waals surface area (Å²) < 4.78 is 16.1. The van der Waals surface area contributed by atoms with Crippen molar-refractivity contribution >= 4 is 17.7 Å². The summed E-state index contributed by atoms with van der Waals surface area (Å²) in [6.45, 7) is 1.20. The molecule has 2 aromatic rings. The number of fused-ring (bicyclic) bond motifs is 2. The number of rotatable bonds is 5. The fourth-order valence-electron chi connectivity index (χ4n) is 4.98. The lowest BCUT2D eigenvalue weighted by Gasteiger charge is -2.46. The fraction of sp³-hybridized carbons (Fsp3) is 0.400. The van der Waals surface area contributed by atoms with Gasteiger partial charge in [-0.3, -0.25) is 14.4 Å². The summed E-state index contributed by atoms with van der Waals surface area (Å²) in [4.78, 5) is 36.4. The Balaban J connectivity index is 1.91. The zero-order chi connectivity index (χ0) is 27.2. The van der Waals surface area contributed by atoms with Gasteiger partial charge in [0.2, 0.25) is 5.78 Å². The van der Waals surface area contributed by atoms with Gasteiger partial charge in [0, 0.05) is 25.3 Å². The maximum Gasteiger partial charge on any atom is 0.303 e. The number of carbonyl (C=O) groups is 3. The fourth-order valence-corrected chi connectivity index (χ4v) is 4.98. The first-order valence-electron chi connectivity index (χ1n) is 11.3. The number of phenolic OH excluding ortho intramolecular Hbond substituents is 3. The number of hydrogen-bond acceptors (Lipinski definition) is 12. The Morgan fingerprint density at radius 1 is 0.946 bits per heavy atom. The van der Waals surface area contributed by atoms with E-state index in [1.807, 2.05) is 0 Å². The van der Waals surface area contributed by atoms with Crippen LogP contribution in [0.15, 0.2) is 24.3 Å². The van der Waals surface area contributed by atoms with Crippen LogP contribution < -0.4 is 0 Å². The van der Waals surface area contributed by atoms with Gasteiger partial charge in [0.1, 0.15) is 42.2 Å². The highest BCUT2D eigenvalue weighted by molar-refractivity contribution is 6.16. The number of aromatic hydroxyl groups is 3. The van der Waals surface area contributed by atoms with Gasteiger partial charge in [-0.25, -0.2) is 0 Å². The van der Waals surface area contributed by atoms with Crippen LogP contribution in [0.4, 0.5) is 0 Å². The zero-order valence-electron chi connectivity index (χ0n) is 19.8. The number of esters is 2. The van der Waals surface area contributed by atoms with E-state index in [9.17, 15) is 45.0 Å². The molecule has 2 aliphatic rings. The maximum atomic E-state index is 13.3. The monoisotopic (exact) mass is 518 g/mol. The van der Waals surface area contributed by atoms with Gasteiger partial charge in [0.05, 0.1) is 23.8 Å². The standard InChI is InChI=1S/C25H26O12/c1-9(27)35-8-16-24(36-10(2)28)22(33)23(34)25(37-16)18-12-5-11(7-26)6-15(31)17(12)21(32)20-14(30)4-3-13(29)19(18)20/h3-6,16,18,22-26,29-31,33-34H,7-8H2,1-2H3/t16-,18-,22-,23-,24-,25+/m1/s1. The van der Waals surface area contributed by atoms with Gasteiger partial charge >= 0.3 is 11.9 Å². The number of ketones is 1. The van der Waals surface area contributed by atoms with Crippen molar-refractivity contribution in [1.82, 2.24) is 0 Å². The smallest absolute Gasteiger partial charge is 0.303 e. The summed E-state index contributed by atoms with van der Waals surface area (Å²) in [5.41, 5.74) is -0.540. The van der Waals surface area contributed by atoms with E-state index < -0.39 is 84.6 Å². The van der Waals surface area contributed by atoms with Crippen LogP contribution in [0.25, 0.3) is 0 Å². The lowest BCUT2D eigenvalue weighted by atomic mass is 9.71. The van der Waals surface area contributed by atoms with Crippen LogP contribution in [-0.2, 0) is 30.4 Å². The normalized spacial score (nSPS) is 26.7. The van der Waals surface area contributed by atoms with Crippen LogP contribution in [0, 0.1) is 0 Å². The molecule has 1 saturated heterocycles. The van der Waals surface area contributed by atoms with Gasteiger partial charge in [-0.2, -0.15) is 0 Å². The minimum atomic E-state index is -1.79. The lowest BCUT2D eigenvalue weighted by molar-refractivity contribution is -0.242. The van der Waals surface area contributed by atoms with E-state index >= 15 is 0 Å². The average molecular weight is 518 g/mol. The van der Waals surface area contributed by atoms with E-state index in [1.165, 1.54) is 6.07 Å². The van der Waals surface area contributed by atoms with Gasteiger partial charge in [-0.05, 0) is 29.3 Å². The van der Waals surface area contributed by atoms with E-state index in [2.05, 4.69) is 0 Å². The van der Waals surface area contributed by atoms with E-state index in [-0.39, 0.29) is 27.8 Å². The third kappa shape index (κ3) is 4.60. The topological polar surface area (TPSA) is 200 Å². The molecule has 1 fully saturated rings. The molecule has 6 N–H and O–H groups in total. The Morgan fingerprint density at radius 2 is 1.62 bits per heavy atom. The molecular weight excluding hydrogens is 492 g/mol. The average Bonchev–Trinajstić information content (AvgIpc) is 2.83. The Morgan fingerprint density at radius 3 is 2.24 bits per heavy atom. The molecule has 1 heterocycles. The van der Waals surface area contributed by atoms with Gasteiger partial charge < -0.3 is 44.8 Å². The largest absolute Gasteiger partial charge is 0.508 e. The lowest BCUT2D eigenvalue weighted by Crippen LogP contribution is -2.61. The van der Waals surface area contributed by atoms with E-state index in [0.717, 1.165) is 32.0 Å². The van der Waals surface area contributed by atoms with Crippen LogP contribution in [0.1, 0.15) is 52.4 Å². The molecule has 0 unspecified atom stereocenters. The summed E-state index contributed by atoms with van der Waals surface area (Å²) in [5, 5.41) is 63.7. The highest BCUT2D eigenvalue weighted by Crippen LogP contribution is 2.50. The minimum absolute atomic E-state index is 0.0378. The zero-order valence-corrected chi connectivity index (χ0v) is 19.8. The molecule has 12 nitrogen and oxygen atoms in total. The molecular formula is C25H26O12. The summed E-state index contributed by atoms with van der Waals surface area (Å²) in [5.74, 6) is -5.09. The van der Waals surface area contributed by atoms with Crippen molar-refractivity contribution in [3.05, 3.63) is 52.1 Å². The molecule has 198 valence electrons. The Kier molecular flexibility index (Phi) is 7.11. The first-order chi connectivity index (χ1) is 17.5. The number of phenols is 3. The number of ether oxygens (including phenoxy) is 3. The van der Waals surface area contributed by atoms with Crippen LogP contribution in [0.2, 0.25) is 0 Å². The predicted octanol–water partition coefficient (Wildman–Crippen LogP) is -0.0440. The summed E-state index contributed by atoms with van der Waals surface area (Å²) in [6.07, 6.45) is -7.76. The van der Waals surface area contributed by atoms with Gasteiger partial charge in [-0.1, -0.05) is 6.07 Å². The minimum Gasteiger partial charge on any atom is -0.508 e. The van der Waals surface area contributed by atoms with Crippen LogP contribution in [0.3, 0.4) is 0 Å². The van der Waals surface area contributed by atoms with Crippen molar-refractivity contribution in [2.75, 3.05) is 6.61 Å². The number of aliphatic hydroxyl groups excluding tert-OH is 3. The highest BCUT2D eigenvalue weighted by atomic mass is 16.6. The Bertz CT molecular complexity index is 1250. The molecule has 0 radical (unpaired) electrons. The summed E-state index contributed by atoms with van der Waals surface area (Å²) >= 11 is 0. The van der Waals surface area contributed by atoms with Crippen LogP contribution in [-0.4, -0.2) is 85.5 Å². The van der Waals surface area contributed by atoms with Crippen molar-refractivity contribution in [3.8, 4) is 17.2 Å². The van der Waals surface area contributed by atoms with Crippen molar-refractivity contribution in [2.24, 2.45) is 0 Å². The van der Waals surface area contributed by atoms with Gasteiger partial charge in [0.25, 0.3) is 0 Å². The third-order valence-electron chi connectivity index (χ3n) is 6.49. The van der Waals surface area contributed by atoms with Crippen LogP contribution >= 0.6 is 0 Å². The molecule has 0 saturated carbocycles. The maximum absolute atomic E-state index is 13.3. The van der Waals surface area contributed by atoms with Crippen molar-refractivity contribution in [1.29, 1.82) is 0 Å². The second kappa shape index (κ2) is 9.98. The SMILES string of the molecule is CC(=O)OC[C@H]1O[C@@H]([C@@H]2c3cc(CO)cc(O)c3C(=O)c3c(O)ccc(O)c32)[C@H](O)[C@@H](O)[C@@H]1OC(C)=O. The van der Waals surface area contributed by atoms with E-state index in [4.69, 9.17) is 14.2 Å². The molecule has 37 heavy (non-hydrogen) atoms. The highest BCUT2D eigenvalue weighted by Gasteiger charge is 2.52. The van der Waals surface area contributed by atoms with E-state index in [1.54, 1.807) is 0 Å². The summed E-state index contributed by atoms with van der Waals surface area (Å²) in [7, 11) is 0. The van der Waals surface area contributed by atoms with Crippen molar-refractivity contribution < 1.29 is 59.2 Å². The quantitative estimate of drug-likeness (QED) is 0.228. The number of aliphatic hydroxyl groups is 3. The van der Waals surface area contributed by atoms with Gasteiger partial charge in [-0.15, -0.1) is 0 Å². The van der Waals surface area contributed by atoms with Crippen molar-refractivity contribution in [2.45, 2.75) is 56.9 Å². The molecule has 12 heteroatoms. The van der Waals surface area contributed by atoms with Crippen molar-refractivity contribution in [3.63, 3.8) is 0 Å². The number of hydrogen-bond donors (Lipinski definition) is 6. The number of carbonyl (C=O) groups excluding carboxylic acids is 3. The second-order valence-electron chi connectivity index (χ2n) is 8.93. The Labute approximate surface area is 210 Å². The molecule has 2 aromatic carbocycles. The summed E-state index contributed by atoms with van der Waals surface area (Å²) in [6, 6.07) is 4.73. The third-order valence-corrected chi connectivity index (χ3v) is 6.49. The molecule has 4 rings (SSSR count). The predicted molar refractivity (Wildman–Crippen MR) is 122 cm³/mol. The molecule has 0 amide bonds. The molecule has 0 spiro atoms. The molecule has 1 aliphatic carbocycles. The van der Waals surface area contributed by atoms with E-state index in [0.29, 0.717) is 0 Å². The molecule has 6 atom stereocenters. The Hall–Kier alpha value is -3.71. The molecule has 0 bridgehead atoms.